The maximum absolute atomic E-state index is 13.4. The highest BCUT2D eigenvalue weighted by Gasteiger charge is 2.65. The van der Waals surface area contributed by atoms with Crippen LogP contribution < -0.4 is 4.74 Å². The van der Waals surface area contributed by atoms with Crippen molar-refractivity contribution in [3.05, 3.63) is 29.8 Å². The van der Waals surface area contributed by atoms with Crippen molar-refractivity contribution in [3.63, 3.8) is 0 Å². The minimum Gasteiger partial charge on any atom is -0.497 e. The number of hydrogen-bond donors (Lipinski definition) is 0. The van der Waals surface area contributed by atoms with E-state index in [0.29, 0.717) is 6.54 Å². The number of amides is 2. The first-order valence-electron chi connectivity index (χ1n) is 10.8. The van der Waals surface area contributed by atoms with Crippen molar-refractivity contribution in [2.75, 3.05) is 46.4 Å². The first-order chi connectivity index (χ1) is 13.9. The van der Waals surface area contributed by atoms with E-state index < -0.39 is 0 Å². The van der Waals surface area contributed by atoms with Crippen LogP contribution >= 0.6 is 0 Å². The van der Waals surface area contributed by atoms with E-state index >= 15 is 0 Å². The normalized spacial score (nSPS) is 26.7. The third-order valence-corrected chi connectivity index (χ3v) is 7.68. The summed E-state index contributed by atoms with van der Waals surface area (Å²) in [5.74, 6) is 1.26. The predicted octanol–water partition coefficient (Wildman–Crippen LogP) is 2.38. The molecule has 1 aromatic carbocycles. The van der Waals surface area contributed by atoms with Gasteiger partial charge in [0, 0.05) is 45.1 Å². The molecule has 29 heavy (non-hydrogen) atoms. The van der Waals surface area contributed by atoms with Crippen molar-refractivity contribution in [3.8, 4) is 5.75 Å². The molecule has 158 valence electrons. The maximum Gasteiger partial charge on any atom is 0.231 e. The Morgan fingerprint density at radius 1 is 1.07 bits per heavy atom. The van der Waals surface area contributed by atoms with E-state index in [1.165, 1.54) is 5.56 Å². The number of nitrogens with zero attached hydrogens (tertiary/aromatic N) is 3. The number of carbonyl (C=O) groups excluding carboxylic acids is 2. The Morgan fingerprint density at radius 3 is 2.31 bits per heavy atom. The molecule has 3 saturated heterocycles. The lowest BCUT2D eigenvalue weighted by Crippen LogP contribution is -2.52. The van der Waals surface area contributed by atoms with Gasteiger partial charge in [0.1, 0.15) is 5.75 Å². The number of methoxy groups -OCH3 is 1. The fraction of sp³-hybridized carbons (Fsp3) is 0.652. The number of ether oxygens (including phenoxy) is 1. The minimum absolute atomic E-state index is 0.0733. The van der Waals surface area contributed by atoms with E-state index in [4.69, 9.17) is 4.74 Å². The number of carbonyl (C=O) groups is 2. The molecule has 6 nitrogen and oxygen atoms in total. The van der Waals surface area contributed by atoms with Gasteiger partial charge in [-0.05, 0) is 57.0 Å². The standard InChI is InChI=1S/C23H33N3O3/c1-4-25-14-11-23(21(25)28)17-26(18(2)27)16-22(23)9-12-24(13-10-22)15-19-5-7-20(29-3)8-6-19/h5-8H,4,9-17H2,1-3H3. The topological polar surface area (TPSA) is 53.1 Å². The summed E-state index contributed by atoms with van der Waals surface area (Å²) in [5.41, 5.74) is 0.832. The molecule has 0 N–H and O–H groups in total. The molecule has 0 radical (unpaired) electrons. The monoisotopic (exact) mass is 399 g/mol. The van der Waals surface area contributed by atoms with Crippen LogP contribution in [0.1, 0.15) is 38.7 Å². The third kappa shape index (κ3) is 3.31. The van der Waals surface area contributed by atoms with Crippen LogP contribution in [0.5, 0.6) is 5.75 Å². The molecule has 3 fully saturated rings. The van der Waals surface area contributed by atoms with Crippen molar-refractivity contribution in [1.82, 2.24) is 14.7 Å². The molecule has 3 heterocycles. The zero-order chi connectivity index (χ0) is 20.6. The highest BCUT2D eigenvalue weighted by atomic mass is 16.5. The molecular weight excluding hydrogens is 366 g/mol. The van der Waals surface area contributed by atoms with Crippen LogP contribution in [0, 0.1) is 10.8 Å². The minimum atomic E-state index is -0.374. The molecule has 3 aliphatic rings. The third-order valence-electron chi connectivity index (χ3n) is 7.68. The molecule has 6 heteroatoms. The Hall–Kier alpha value is -2.08. The molecule has 1 unspecified atom stereocenters. The van der Waals surface area contributed by atoms with Gasteiger partial charge >= 0.3 is 0 Å². The second-order valence-electron chi connectivity index (χ2n) is 9.00. The zero-order valence-electron chi connectivity index (χ0n) is 17.9. The fourth-order valence-electron chi connectivity index (χ4n) is 5.83. The molecular formula is C23H33N3O3. The number of likely N-dealkylation sites (tertiary alicyclic amines) is 3. The van der Waals surface area contributed by atoms with Gasteiger partial charge in [-0.15, -0.1) is 0 Å². The average molecular weight is 400 g/mol. The molecule has 1 atom stereocenters. The van der Waals surface area contributed by atoms with E-state index in [1.54, 1.807) is 14.0 Å². The SMILES string of the molecule is CCN1CCC2(CN(C(C)=O)CC23CCN(Cc2ccc(OC)cc2)CC3)C1=O. The van der Waals surface area contributed by atoms with Gasteiger partial charge in [-0.25, -0.2) is 0 Å². The van der Waals surface area contributed by atoms with Crippen molar-refractivity contribution >= 4 is 11.8 Å². The van der Waals surface area contributed by atoms with Gasteiger partial charge in [0.25, 0.3) is 0 Å². The van der Waals surface area contributed by atoms with Crippen molar-refractivity contribution < 1.29 is 14.3 Å². The van der Waals surface area contributed by atoms with Crippen LogP contribution in [0.3, 0.4) is 0 Å². The van der Waals surface area contributed by atoms with Crippen LogP contribution in [-0.2, 0) is 16.1 Å². The van der Waals surface area contributed by atoms with Crippen LogP contribution in [0.2, 0.25) is 0 Å². The lowest BCUT2D eigenvalue weighted by Gasteiger charge is -2.46. The number of benzene rings is 1. The van der Waals surface area contributed by atoms with Crippen molar-refractivity contribution in [1.29, 1.82) is 0 Å². The summed E-state index contributed by atoms with van der Waals surface area (Å²) in [4.78, 5) is 32.0. The number of fused-ring (bicyclic) bond motifs is 1. The fourth-order valence-corrected chi connectivity index (χ4v) is 5.83. The van der Waals surface area contributed by atoms with Crippen LogP contribution in [-0.4, -0.2) is 72.9 Å². The van der Waals surface area contributed by atoms with Gasteiger partial charge in [0.2, 0.25) is 11.8 Å². The Balaban J connectivity index is 1.50. The smallest absolute Gasteiger partial charge is 0.231 e. The molecule has 0 aliphatic carbocycles. The zero-order valence-corrected chi connectivity index (χ0v) is 17.9. The second-order valence-corrected chi connectivity index (χ2v) is 9.00. The molecule has 2 amide bonds. The average Bonchev–Trinajstić information content (AvgIpc) is 3.23. The summed E-state index contributed by atoms with van der Waals surface area (Å²) < 4.78 is 5.25. The van der Waals surface area contributed by atoms with Crippen molar-refractivity contribution in [2.24, 2.45) is 10.8 Å². The predicted molar refractivity (Wildman–Crippen MR) is 111 cm³/mol. The first kappa shape index (κ1) is 20.2. The quantitative estimate of drug-likeness (QED) is 0.780. The largest absolute Gasteiger partial charge is 0.497 e. The Labute approximate surface area is 173 Å². The van der Waals surface area contributed by atoms with E-state index in [0.717, 1.165) is 64.3 Å². The van der Waals surface area contributed by atoms with Gasteiger partial charge in [-0.1, -0.05) is 12.1 Å². The summed E-state index contributed by atoms with van der Waals surface area (Å²) in [5, 5.41) is 0. The van der Waals surface area contributed by atoms with Gasteiger partial charge in [-0.2, -0.15) is 0 Å². The molecule has 0 saturated carbocycles. The molecule has 2 spiro atoms. The summed E-state index contributed by atoms with van der Waals surface area (Å²) in [6, 6.07) is 8.26. The lowest BCUT2D eigenvalue weighted by molar-refractivity contribution is -0.142. The summed E-state index contributed by atoms with van der Waals surface area (Å²) in [6.07, 6.45) is 2.86. The second kappa shape index (κ2) is 7.63. The highest BCUT2D eigenvalue weighted by Crippen LogP contribution is 2.57. The Bertz CT molecular complexity index is 770. The summed E-state index contributed by atoms with van der Waals surface area (Å²) >= 11 is 0. The number of hydrogen-bond acceptors (Lipinski definition) is 4. The molecule has 4 rings (SSSR count). The first-order valence-corrected chi connectivity index (χ1v) is 10.8. The van der Waals surface area contributed by atoms with Crippen LogP contribution in [0.25, 0.3) is 0 Å². The highest BCUT2D eigenvalue weighted by molar-refractivity contribution is 5.88. The summed E-state index contributed by atoms with van der Waals surface area (Å²) in [7, 11) is 1.69. The van der Waals surface area contributed by atoms with Gasteiger partial charge in [-0.3, -0.25) is 14.5 Å². The van der Waals surface area contributed by atoms with E-state index in [-0.39, 0.29) is 22.6 Å². The van der Waals surface area contributed by atoms with Gasteiger partial charge in [0.05, 0.1) is 12.5 Å². The number of piperidine rings is 1. The van der Waals surface area contributed by atoms with E-state index in [2.05, 4.69) is 24.0 Å². The molecule has 3 aliphatic heterocycles. The molecule has 0 bridgehead atoms. The Morgan fingerprint density at radius 2 is 1.76 bits per heavy atom. The van der Waals surface area contributed by atoms with Gasteiger partial charge < -0.3 is 14.5 Å². The lowest BCUT2D eigenvalue weighted by atomic mass is 9.60. The number of rotatable bonds is 4. The molecule has 0 aromatic heterocycles. The van der Waals surface area contributed by atoms with Gasteiger partial charge in [0.15, 0.2) is 0 Å². The molecule has 1 aromatic rings. The maximum atomic E-state index is 13.4. The van der Waals surface area contributed by atoms with Crippen LogP contribution in [0.4, 0.5) is 0 Å². The van der Waals surface area contributed by atoms with E-state index in [9.17, 15) is 9.59 Å². The van der Waals surface area contributed by atoms with E-state index in [1.807, 2.05) is 21.9 Å². The van der Waals surface area contributed by atoms with Crippen LogP contribution in [0.15, 0.2) is 24.3 Å². The summed E-state index contributed by atoms with van der Waals surface area (Å²) in [6.45, 7) is 9.49. The van der Waals surface area contributed by atoms with Crippen molar-refractivity contribution in [2.45, 2.75) is 39.7 Å². The Kier molecular flexibility index (Phi) is 5.32.